The van der Waals surface area contributed by atoms with Crippen LogP contribution in [0.4, 0.5) is 13.2 Å². The lowest BCUT2D eigenvalue weighted by Gasteiger charge is -2.20. The minimum atomic E-state index is -4.73. The van der Waals surface area contributed by atoms with E-state index in [1.165, 1.54) is 23.1 Å². The average Bonchev–Trinajstić information content (AvgIpc) is 2.33. The van der Waals surface area contributed by atoms with Gasteiger partial charge in [-0.2, -0.15) is 0 Å². The first kappa shape index (κ1) is 15.6. The number of halogens is 4. The molecule has 19 heavy (non-hydrogen) atoms. The van der Waals surface area contributed by atoms with Crippen LogP contribution in [0.3, 0.4) is 0 Å². The van der Waals surface area contributed by atoms with Gasteiger partial charge in [0, 0.05) is 13.1 Å². The molecule has 0 bridgehead atoms. The number of benzene rings is 1. The number of hydrogen-bond donors (Lipinski definition) is 0. The Morgan fingerprint density at radius 3 is 2.63 bits per heavy atom. The molecule has 0 N–H and O–H groups in total. The van der Waals surface area contributed by atoms with Gasteiger partial charge in [0.15, 0.2) is 0 Å². The van der Waals surface area contributed by atoms with Gasteiger partial charge in [-0.1, -0.05) is 12.1 Å². The van der Waals surface area contributed by atoms with Crippen LogP contribution in [0.15, 0.2) is 24.3 Å². The second-order valence-electron chi connectivity index (χ2n) is 3.74. The van der Waals surface area contributed by atoms with E-state index in [2.05, 4.69) is 4.74 Å². The maximum absolute atomic E-state index is 12.1. The molecule has 1 aromatic rings. The molecule has 0 atom stereocenters. The molecule has 0 spiro atoms. The maximum Gasteiger partial charge on any atom is 0.573 e. The monoisotopic (exact) mass is 295 g/mol. The highest BCUT2D eigenvalue weighted by Crippen LogP contribution is 2.23. The molecule has 1 aromatic carbocycles. The third-order valence-corrected chi connectivity index (χ3v) is 2.58. The van der Waals surface area contributed by atoms with Crippen molar-refractivity contribution in [3.05, 3.63) is 29.8 Å². The van der Waals surface area contributed by atoms with Crippen LogP contribution in [0.25, 0.3) is 0 Å². The molecule has 0 unspecified atom stereocenters. The highest BCUT2D eigenvalue weighted by molar-refractivity contribution is 6.27. The van der Waals surface area contributed by atoms with Gasteiger partial charge in [0.25, 0.3) is 0 Å². The summed E-state index contributed by atoms with van der Waals surface area (Å²) in [6, 6.07) is 5.51. The van der Waals surface area contributed by atoms with Gasteiger partial charge >= 0.3 is 6.36 Å². The molecule has 0 saturated carbocycles. The molecule has 0 heterocycles. The van der Waals surface area contributed by atoms with Crippen LogP contribution in [-0.2, 0) is 11.3 Å². The van der Waals surface area contributed by atoms with Crippen molar-refractivity contribution in [3.8, 4) is 5.75 Å². The van der Waals surface area contributed by atoms with E-state index in [-0.39, 0.29) is 24.1 Å². The smallest absolute Gasteiger partial charge is 0.406 e. The first-order valence-electron chi connectivity index (χ1n) is 5.54. The Hall–Kier alpha value is -1.43. The highest BCUT2D eigenvalue weighted by atomic mass is 35.5. The number of rotatable bonds is 5. The zero-order chi connectivity index (χ0) is 14.5. The largest absolute Gasteiger partial charge is 0.573 e. The second kappa shape index (κ2) is 6.65. The summed E-state index contributed by atoms with van der Waals surface area (Å²) >= 11 is 5.45. The normalized spacial score (nSPS) is 11.2. The Bertz CT molecular complexity index is 437. The summed E-state index contributed by atoms with van der Waals surface area (Å²) in [4.78, 5) is 12.9. The summed E-state index contributed by atoms with van der Waals surface area (Å²) in [5.74, 6) is -0.738. The van der Waals surface area contributed by atoms with Gasteiger partial charge < -0.3 is 9.64 Å². The number of ether oxygens (including phenoxy) is 1. The Kier molecular flexibility index (Phi) is 5.47. The standard InChI is InChI=1S/C12H13ClF3NO2/c1-2-17(11(18)7-13)8-9-4-3-5-10(6-9)19-12(14,15)16/h3-6H,2,7-8H2,1H3. The molecule has 0 aliphatic rings. The summed E-state index contributed by atoms with van der Waals surface area (Å²) in [6.45, 7) is 2.38. The number of amides is 1. The maximum atomic E-state index is 12.1. The third-order valence-electron chi connectivity index (χ3n) is 2.35. The van der Waals surface area contributed by atoms with Gasteiger partial charge in [-0.15, -0.1) is 24.8 Å². The lowest BCUT2D eigenvalue weighted by atomic mass is 10.2. The molecular formula is C12H13ClF3NO2. The summed E-state index contributed by atoms with van der Waals surface area (Å²) in [7, 11) is 0. The van der Waals surface area contributed by atoms with Gasteiger partial charge in [-0.3, -0.25) is 4.79 Å². The molecule has 7 heteroatoms. The van der Waals surface area contributed by atoms with E-state index in [4.69, 9.17) is 11.6 Å². The van der Waals surface area contributed by atoms with Crippen LogP contribution >= 0.6 is 11.6 Å². The lowest BCUT2D eigenvalue weighted by Crippen LogP contribution is -2.31. The fraction of sp³-hybridized carbons (Fsp3) is 0.417. The summed E-state index contributed by atoms with van der Waals surface area (Å²) in [5, 5.41) is 0. The summed E-state index contributed by atoms with van der Waals surface area (Å²) < 4.78 is 40.1. The van der Waals surface area contributed by atoms with E-state index < -0.39 is 6.36 Å². The second-order valence-corrected chi connectivity index (χ2v) is 4.00. The van der Waals surface area contributed by atoms with Crippen molar-refractivity contribution in [2.24, 2.45) is 0 Å². The van der Waals surface area contributed by atoms with E-state index in [0.717, 1.165) is 0 Å². The topological polar surface area (TPSA) is 29.5 Å². The Morgan fingerprint density at radius 1 is 1.42 bits per heavy atom. The number of carbonyl (C=O) groups excluding carboxylic acids is 1. The van der Waals surface area contributed by atoms with Crippen LogP contribution in [0.5, 0.6) is 5.75 Å². The van der Waals surface area contributed by atoms with Gasteiger partial charge in [-0.25, -0.2) is 0 Å². The zero-order valence-corrected chi connectivity index (χ0v) is 11.0. The van der Waals surface area contributed by atoms with E-state index >= 15 is 0 Å². The number of alkyl halides is 4. The van der Waals surface area contributed by atoms with Crippen LogP contribution in [-0.4, -0.2) is 29.6 Å². The SMILES string of the molecule is CCN(Cc1cccc(OC(F)(F)F)c1)C(=O)CCl. The van der Waals surface area contributed by atoms with Gasteiger partial charge in [0.2, 0.25) is 5.91 Å². The minimum absolute atomic E-state index is 0.160. The molecule has 106 valence electrons. The number of nitrogens with zero attached hydrogens (tertiary/aromatic N) is 1. The summed E-state index contributed by atoms with van der Waals surface area (Å²) in [5.41, 5.74) is 0.544. The van der Waals surface area contributed by atoms with E-state index in [1.807, 2.05) is 0 Å². The fourth-order valence-electron chi connectivity index (χ4n) is 1.52. The van der Waals surface area contributed by atoms with E-state index in [0.29, 0.717) is 12.1 Å². The highest BCUT2D eigenvalue weighted by Gasteiger charge is 2.31. The fourth-order valence-corrected chi connectivity index (χ4v) is 1.69. The summed E-state index contributed by atoms with van der Waals surface area (Å²) in [6.07, 6.45) is -4.73. The van der Waals surface area contributed by atoms with Crippen molar-refractivity contribution >= 4 is 17.5 Å². The molecule has 0 saturated heterocycles. The van der Waals surface area contributed by atoms with Crippen molar-refractivity contribution in [3.63, 3.8) is 0 Å². The van der Waals surface area contributed by atoms with Crippen LogP contribution in [0, 0.1) is 0 Å². The molecule has 0 fully saturated rings. The average molecular weight is 296 g/mol. The number of hydrogen-bond acceptors (Lipinski definition) is 2. The molecule has 0 radical (unpaired) electrons. The van der Waals surface area contributed by atoms with Gasteiger partial charge in [0.1, 0.15) is 11.6 Å². The first-order valence-corrected chi connectivity index (χ1v) is 6.07. The molecule has 0 aromatic heterocycles. The third kappa shape index (κ3) is 5.38. The van der Waals surface area contributed by atoms with Crippen molar-refractivity contribution in [2.45, 2.75) is 19.8 Å². The van der Waals surface area contributed by atoms with Crippen LogP contribution in [0.2, 0.25) is 0 Å². The van der Waals surface area contributed by atoms with Crippen LogP contribution < -0.4 is 4.74 Å². The molecular weight excluding hydrogens is 283 g/mol. The molecule has 0 aliphatic carbocycles. The van der Waals surface area contributed by atoms with Gasteiger partial charge in [-0.05, 0) is 24.6 Å². The van der Waals surface area contributed by atoms with Crippen molar-refractivity contribution in [2.75, 3.05) is 12.4 Å². The molecule has 0 aliphatic heterocycles. The van der Waals surface area contributed by atoms with Crippen LogP contribution in [0.1, 0.15) is 12.5 Å². The number of carbonyl (C=O) groups is 1. The minimum Gasteiger partial charge on any atom is -0.406 e. The quantitative estimate of drug-likeness (QED) is 0.781. The van der Waals surface area contributed by atoms with Gasteiger partial charge in [0.05, 0.1) is 0 Å². The predicted octanol–water partition coefficient (Wildman–Crippen LogP) is 3.17. The van der Waals surface area contributed by atoms with Crippen molar-refractivity contribution < 1.29 is 22.7 Å². The van der Waals surface area contributed by atoms with E-state index in [1.54, 1.807) is 13.0 Å². The van der Waals surface area contributed by atoms with Crippen molar-refractivity contribution in [1.29, 1.82) is 0 Å². The lowest BCUT2D eigenvalue weighted by molar-refractivity contribution is -0.274. The first-order chi connectivity index (χ1) is 8.85. The zero-order valence-electron chi connectivity index (χ0n) is 10.2. The Morgan fingerprint density at radius 2 is 2.11 bits per heavy atom. The van der Waals surface area contributed by atoms with Crippen molar-refractivity contribution in [1.82, 2.24) is 4.90 Å². The predicted molar refractivity (Wildman–Crippen MR) is 64.9 cm³/mol. The van der Waals surface area contributed by atoms with E-state index in [9.17, 15) is 18.0 Å². The molecule has 1 amide bonds. The Balaban J connectivity index is 2.79. The molecule has 3 nitrogen and oxygen atoms in total. The Labute approximate surface area is 113 Å². The molecule has 1 rings (SSSR count).